The zero-order valence-electron chi connectivity index (χ0n) is 12.6. The van der Waals surface area contributed by atoms with Crippen molar-refractivity contribution in [1.29, 1.82) is 5.26 Å². The Morgan fingerprint density at radius 1 is 1.12 bits per heavy atom. The molecule has 0 bridgehead atoms. The van der Waals surface area contributed by atoms with Crippen molar-refractivity contribution in [2.45, 2.75) is 6.54 Å². The van der Waals surface area contributed by atoms with Gasteiger partial charge in [0, 0.05) is 11.8 Å². The number of nitrogens with two attached hydrogens (primary N) is 1. The van der Waals surface area contributed by atoms with Crippen molar-refractivity contribution >= 4 is 11.8 Å². The molecular weight excluding hydrogens is 307 g/mol. The van der Waals surface area contributed by atoms with Crippen LogP contribution in [0.3, 0.4) is 0 Å². The fourth-order valence-electron chi connectivity index (χ4n) is 2.24. The Kier molecular flexibility index (Phi) is 4.29. The summed E-state index contributed by atoms with van der Waals surface area (Å²) in [6, 6.07) is 13.6. The second kappa shape index (κ2) is 6.71. The van der Waals surface area contributed by atoms with Crippen LogP contribution in [-0.4, -0.2) is 15.0 Å². The number of pyridine rings is 1. The highest BCUT2D eigenvalue weighted by molar-refractivity contribution is 5.74. The third kappa shape index (κ3) is 3.13. The Morgan fingerprint density at radius 2 is 1.92 bits per heavy atom. The molecule has 2 heterocycles. The average Bonchev–Trinajstić information content (AvgIpc) is 2.61. The summed E-state index contributed by atoms with van der Waals surface area (Å²) in [5.41, 5.74) is 6.99. The molecule has 0 aliphatic rings. The summed E-state index contributed by atoms with van der Waals surface area (Å²) in [6.45, 7) is 0.350. The minimum absolute atomic E-state index is 0.0456. The summed E-state index contributed by atoms with van der Waals surface area (Å²) >= 11 is 0. The number of halogens is 1. The highest BCUT2D eigenvalue weighted by Crippen LogP contribution is 2.28. The van der Waals surface area contributed by atoms with Crippen LogP contribution < -0.4 is 11.1 Å². The zero-order valence-corrected chi connectivity index (χ0v) is 12.6. The van der Waals surface area contributed by atoms with Crippen LogP contribution in [0.25, 0.3) is 11.3 Å². The maximum absolute atomic E-state index is 14.1. The van der Waals surface area contributed by atoms with E-state index >= 15 is 0 Å². The first-order valence-corrected chi connectivity index (χ1v) is 7.15. The summed E-state index contributed by atoms with van der Waals surface area (Å²) in [4.78, 5) is 12.3. The molecule has 0 radical (unpaired) electrons. The van der Waals surface area contributed by atoms with E-state index in [0.717, 1.165) is 5.69 Å². The van der Waals surface area contributed by atoms with E-state index in [0.29, 0.717) is 6.54 Å². The van der Waals surface area contributed by atoms with Crippen molar-refractivity contribution < 1.29 is 4.39 Å². The molecule has 118 valence electrons. The van der Waals surface area contributed by atoms with Gasteiger partial charge in [-0.25, -0.2) is 9.37 Å². The number of benzene rings is 1. The third-order valence-corrected chi connectivity index (χ3v) is 3.33. The molecule has 1 aromatic carbocycles. The molecule has 3 N–H and O–H groups in total. The number of hydrogen-bond acceptors (Lipinski definition) is 6. The van der Waals surface area contributed by atoms with E-state index in [9.17, 15) is 9.65 Å². The number of anilines is 2. The Balaban J connectivity index is 2.02. The molecule has 2 aromatic heterocycles. The quantitative estimate of drug-likeness (QED) is 0.766. The fourth-order valence-corrected chi connectivity index (χ4v) is 2.24. The lowest BCUT2D eigenvalue weighted by atomic mass is 10.1. The van der Waals surface area contributed by atoms with Gasteiger partial charge >= 0.3 is 0 Å². The van der Waals surface area contributed by atoms with Gasteiger partial charge in [0.25, 0.3) is 0 Å². The molecule has 3 rings (SSSR count). The average molecular weight is 320 g/mol. The first kappa shape index (κ1) is 15.4. The maximum Gasteiger partial charge on any atom is 0.222 e. The molecule has 0 saturated heterocycles. The molecule has 3 aromatic rings. The molecule has 0 aliphatic carbocycles. The van der Waals surface area contributed by atoms with Gasteiger partial charge in [-0.15, -0.1) is 0 Å². The van der Waals surface area contributed by atoms with Crippen LogP contribution >= 0.6 is 0 Å². The van der Waals surface area contributed by atoms with Crippen LogP contribution in [0, 0.1) is 17.1 Å². The Labute approximate surface area is 137 Å². The summed E-state index contributed by atoms with van der Waals surface area (Å²) in [5.74, 6) is -0.285. The van der Waals surface area contributed by atoms with E-state index in [4.69, 9.17) is 5.73 Å². The van der Waals surface area contributed by atoms with Gasteiger partial charge < -0.3 is 11.1 Å². The van der Waals surface area contributed by atoms with Crippen LogP contribution in [0.2, 0.25) is 0 Å². The van der Waals surface area contributed by atoms with Crippen LogP contribution in [0.15, 0.2) is 48.7 Å². The number of nitrogens with one attached hydrogen (secondary N) is 1. The van der Waals surface area contributed by atoms with Gasteiger partial charge in [-0.05, 0) is 24.3 Å². The molecule has 7 heteroatoms. The van der Waals surface area contributed by atoms with Crippen LogP contribution in [0.4, 0.5) is 16.2 Å². The lowest BCUT2D eigenvalue weighted by Crippen LogP contribution is -2.09. The van der Waals surface area contributed by atoms with Crippen molar-refractivity contribution in [2.75, 3.05) is 11.1 Å². The molecule has 6 nitrogen and oxygen atoms in total. The molecule has 0 fully saturated rings. The molecule has 24 heavy (non-hydrogen) atoms. The van der Waals surface area contributed by atoms with Gasteiger partial charge in [0.05, 0.1) is 17.9 Å². The Bertz CT molecular complexity index is 905. The fraction of sp³-hybridized carbons (Fsp3) is 0.0588. The van der Waals surface area contributed by atoms with Gasteiger partial charge in [-0.2, -0.15) is 10.2 Å². The number of aromatic nitrogens is 3. The first-order valence-electron chi connectivity index (χ1n) is 7.15. The summed E-state index contributed by atoms with van der Waals surface area (Å²) in [5, 5.41) is 12.5. The van der Waals surface area contributed by atoms with E-state index in [-0.39, 0.29) is 28.6 Å². The highest BCUT2D eigenvalue weighted by atomic mass is 19.1. The molecule has 0 amide bonds. The van der Waals surface area contributed by atoms with E-state index in [1.165, 1.54) is 6.07 Å². The van der Waals surface area contributed by atoms with Gasteiger partial charge in [-0.3, -0.25) is 4.98 Å². The second-order valence-electron chi connectivity index (χ2n) is 4.92. The van der Waals surface area contributed by atoms with Gasteiger partial charge in [0.2, 0.25) is 5.95 Å². The smallest absolute Gasteiger partial charge is 0.222 e. The topological polar surface area (TPSA) is 101 Å². The van der Waals surface area contributed by atoms with Crippen molar-refractivity contribution in [3.8, 4) is 17.3 Å². The van der Waals surface area contributed by atoms with E-state index in [1.807, 2.05) is 24.3 Å². The predicted octanol–water partition coefficient (Wildman–Crippen LogP) is 2.74. The lowest BCUT2D eigenvalue weighted by molar-refractivity contribution is 0.630. The monoisotopic (exact) mass is 320 g/mol. The number of hydrogen-bond donors (Lipinski definition) is 2. The molecular formula is C17H13FN6. The number of rotatable bonds is 4. The third-order valence-electron chi connectivity index (χ3n) is 3.33. The van der Waals surface area contributed by atoms with E-state index in [2.05, 4.69) is 20.3 Å². The van der Waals surface area contributed by atoms with Gasteiger partial charge in [0.15, 0.2) is 5.82 Å². The van der Waals surface area contributed by atoms with Crippen molar-refractivity contribution in [2.24, 2.45) is 0 Å². The van der Waals surface area contributed by atoms with E-state index in [1.54, 1.807) is 24.4 Å². The Hall–Kier alpha value is -3.53. The first-order chi connectivity index (χ1) is 11.7. The second-order valence-corrected chi connectivity index (χ2v) is 4.92. The number of nitrogen functional groups attached to an aromatic ring is 1. The van der Waals surface area contributed by atoms with Gasteiger partial charge in [0.1, 0.15) is 17.4 Å². The van der Waals surface area contributed by atoms with Crippen molar-refractivity contribution in [1.82, 2.24) is 15.0 Å². The van der Waals surface area contributed by atoms with Crippen LogP contribution in [-0.2, 0) is 6.54 Å². The number of nitriles is 1. The minimum atomic E-state index is -0.484. The molecule has 0 unspecified atom stereocenters. The van der Waals surface area contributed by atoms with Crippen molar-refractivity contribution in [3.63, 3.8) is 0 Å². The summed E-state index contributed by atoms with van der Waals surface area (Å²) < 4.78 is 14.1. The minimum Gasteiger partial charge on any atom is -0.368 e. The summed E-state index contributed by atoms with van der Waals surface area (Å²) in [7, 11) is 0. The number of nitrogens with zero attached hydrogens (tertiary/aromatic N) is 4. The molecule has 0 atom stereocenters. The summed E-state index contributed by atoms with van der Waals surface area (Å²) in [6.07, 6.45) is 1.67. The van der Waals surface area contributed by atoms with E-state index < -0.39 is 5.82 Å². The highest BCUT2D eigenvalue weighted by Gasteiger charge is 2.17. The molecule has 0 saturated carbocycles. The molecule has 0 spiro atoms. The predicted molar refractivity (Wildman–Crippen MR) is 88.1 cm³/mol. The Morgan fingerprint density at radius 3 is 2.62 bits per heavy atom. The normalized spacial score (nSPS) is 10.2. The van der Waals surface area contributed by atoms with Crippen molar-refractivity contribution in [3.05, 3.63) is 65.7 Å². The van der Waals surface area contributed by atoms with Crippen LogP contribution in [0.1, 0.15) is 11.3 Å². The molecule has 0 aliphatic heterocycles. The standard InChI is InChI=1S/C17H13FN6/c18-14-7-2-1-6-12(14)15-13(9-19)16(24-17(20)23-15)22-10-11-5-3-4-8-21-11/h1-8H,10H2,(H3,20,22,23,24). The van der Waals surface area contributed by atoms with Crippen LogP contribution in [0.5, 0.6) is 0 Å². The maximum atomic E-state index is 14.1. The largest absolute Gasteiger partial charge is 0.368 e. The lowest BCUT2D eigenvalue weighted by Gasteiger charge is -2.11. The SMILES string of the molecule is N#Cc1c(NCc2ccccn2)nc(N)nc1-c1ccccc1F. The van der Waals surface area contributed by atoms with Gasteiger partial charge in [-0.1, -0.05) is 18.2 Å². The zero-order chi connectivity index (χ0) is 16.9.